The lowest BCUT2D eigenvalue weighted by molar-refractivity contribution is 0.0622. The zero-order valence-corrected chi connectivity index (χ0v) is 21.6. The second kappa shape index (κ2) is 10.9. The van der Waals surface area contributed by atoms with E-state index in [0.717, 1.165) is 47.3 Å². The predicted molar refractivity (Wildman–Crippen MR) is 139 cm³/mol. The Morgan fingerprint density at radius 2 is 2.03 bits per heavy atom. The van der Waals surface area contributed by atoms with Gasteiger partial charge in [0.1, 0.15) is 16.4 Å². The van der Waals surface area contributed by atoms with Crippen LogP contribution in [0.3, 0.4) is 0 Å². The van der Waals surface area contributed by atoms with Crippen LogP contribution in [0.2, 0.25) is 5.02 Å². The highest BCUT2D eigenvalue weighted by Gasteiger charge is 2.22. The van der Waals surface area contributed by atoms with Crippen molar-refractivity contribution in [1.82, 2.24) is 4.98 Å². The smallest absolute Gasteiger partial charge is 0.183 e. The van der Waals surface area contributed by atoms with E-state index in [1.165, 1.54) is 12.1 Å². The van der Waals surface area contributed by atoms with Crippen molar-refractivity contribution in [2.24, 2.45) is 5.92 Å². The number of ether oxygens (including phenoxy) is 2. The maximum Gasteiger partial charge on any atom is 0.183 e. The van der Waals surface area contributed by atoms with E-state index in [4.69, 9.17) is 26.1 Å². The Balaban J connectivity index is 1.56. The summed E-state index contributed by atoms with van der Waals surface area (Å²) >= 11 is 7.76. The summed E-state index contributed by atoms with van der Waals surface area (Å²) in [7, 11) is -0.101. The molecule has 182 valence electrons. The van der Waals surface area contributed by atoms with Gasteiger partial charge in [-0.1, -0.05) is 22.9 Å². The number of aromatic nitrogens is 1. The maximum atomic E-state index is 13.2. The summed E-state index contributed by atoms with van der Waals surface area (Å²) in [5, 5.41) is 14.3. The maximum absolute atomic E-state index is 13.2. The van der Waals surface area contributed by atoms with Gasteiger partial charge in [-0.3, -0.25) is 4.72 Å². The molecule has 2 unspecified atom stereocenters. The van der Waals surface area contributed by atoms with Crippen LogP contribution in [0.15, 0.2) is 41.3 Å². The molecule has 1 aliphatic heterocycles. The van der Waals surface area contributed by atoms with Crippen molar-refractivity contribution in [1.29, 1.82) is 0 Å². The molecular formula is C24H28ClN3O4S2. The lowest BCUT2D eigenvalue weighted by Gasteiger charge is -2.28. The van der Waals surface area contributed by atoms with Crippen molar-refractivity contribution in [3.8, 4) is 21.9 Å². The molecule has 10 heteroatoms. The Labute approximate surface area is 211 Å². The van der Waals surface area contributed by atoms with Crippen LogP contribution in [0.4, 0.5) is 10.8 Å². The van der Waals surface area contributed by atoms with Crippen LogP contribution in [0, 0.1) is 12.8 Å². The normalized spacial score (nSPS) is 16.1. The van der Waals surface area contributed by atoms with E-state index in [1.54, 1.807) is 30.6 Å². The summed E-state index contributed by atoms with van der Waals surface area (Å²) in [6.45, 7) is 5.80. The predicted octanol–water partition coefficient (Wildman–Crippen LogP) is 5.85. The molecule has 34 heavy (non-hydrogen) atoms. The van der Waals surface area contributed by atoms with Crippen molar-refractivity contribution in [2.75, 3.05) is 30.4 Å². The number of anilines is 2. The lowest BCUT2D eigenvalue weighted by Crippen LogP contribution is -2.30. The van der Waals surface area contributed by atoms with Crippen LogP contribution in [0.25, 0.3) is 10.4 Å². The topological polar surface area (TPSA) is 92.7 Å². The fourth-order valence-electron chi connectivity index (χ4n) is 3.96. The number of benzene rings is 2. The minimum Gasteiger partial charge on any atom is -0.508 e. The van der Waals surface area contributed by atoms with Gasteiger partial charge in [-0.05, 0) is 68.5 Å². The van der Waals surface area contributed by atoms with Gasteiger partial charge in [-0.25, -0.2) is 9.19 Å². The van der Waals surface area contributed by atoms with Gasteiger partial charge in [0.2, 0.25) is 0 Å². The van der Waals surface area contributed by atoms with Gasteiger partial charge >= 0.3 is 0 Å². The van der Waals surface area contributed by atoms with E-state index >= 15 is 0 Å². The van der Waals surface area contributed by atoms with E-state index in [2.05, 4.69) is 17.0 Å². The summed E-state index contributed by atoms with van der Waals surface area (Å²) in [5.41, 5.74) is 2.26. The van der Waals surface area contributed by atoms with E-state index in [9.17, 15) is 9.32 Å². The molecule has 0 radical (unpaired) electrons. The zero-order valence-electron chi connectivity index (χ0n) is 19.3. The SMILES string of the molecule is COc1ccc(-c2sc(NC(C)C3CCOCC3)nc2C)cc1S(=O)Nc1ccc(O)cc1Cl. The van der Waals surface area contributed by atoms with Crippen LogP contribution in [0.5, 0.6) is 11.5 Å². The van der Waals surface area contributed by atoms with Crippen molar-refractivity contribution >= 4 is 44.7 Å². The molecule has 0 spiro atoms. The molecule has 1 saturated heterocycles. The monoisotopic (exact) mass is 521 g/mol. The highest BCUT2D eigenvalue weighted by molar-refractivity contribution is 7.86. The average Bonchev–Trinajstić information content (AvgIpc) is 3.20. The molecule has 0 amide bonds. The zero-order chi connectivity index (χ0) is 24.2. The van der Waals surface area contributed by atoms with E-state index < -0.39 is 11.0 Å². The molecule has 2 aromatic carbocycles. The van der Waals surface area contributed by atoms with Crippen LogP contribution in [0.1, 0.15) is 25.5 Å². The molecule has 7 nitrogen and oxygen atoms in total. The number of nitrogens with one attached hydrogen (secondary N) is 2. The fourth-order valence-corrected chi connectivity index (χ4v) is 6.35. The summed E-state index contributed by atoms with van der Waals surface area (Å²) in [5.74, 6) is 1.10. The summed E-state index contributed by atoms with van der Waals surface area (Å²) < 4.78 is 27.0. The number of hydrogen-bond donors (Lipinski definition) is 3. The second-order valence-electron chi connectivity index (χ2n) is 8.22. The first kappa shape index (κ1) is 24.8. The number of phenolic OH excluding ortho intramolecular Hbond substituents is 1. The Kier molecular flexibility index (Phi) is 7.98. The van der Waals surface area contributed by atoms with Crippen molar-refractivity contribution in [2.45, 2.75) is 37.6 Å². The molecule has 3 aromatic rings. The minimum atomic E-state index is -1.64. The van der Waals surface area contributed by atoms with Crippen molar-refractivity contribution < 1.29 is 18.8 Å². The van der Waals surface area contributed by atoms with E-state index in [0.29, 0.717) is 28.3 Å². The molecule has 1 aromatic heterocycles. The van der Waals surface area contributed by atoms with Crippen LogP contribution in [-0.4, -0.2) is 40.7 Å². The molecule has 1 fully saturated rings. The first-order valence-electron chi connectivity index (χ1n) is 11.0. The van der Waals surface area contributed by atoms with E-state index in [1.807, 2.05) is 19.1 Å². The first-order valence-corrected chi connectivity index (χ1v) is 13.4. The number of phenols is 1. The molecule has 2 heterocycles. The number of hydrogen-bond acceptors (Lipinski definition) is 7. The molecule has 2 atom stereocenters. The number of nitrogens with zero attached hydrogens (tertiary/aromatic N) is 1. The van der Waals surface area contributed by atoms with Gasteiger partial charge in [0.25, 0.3) is 0 Å². The summed E-state index contributed by atoms with van der Waals surface area (Å²) in [6.07, 6.45) is 2.11. The molecule has 3 N–H and O–H groups in total. The molecule has 4 rings (SSSR count). The van der Waals surface area contributed by atoms with Gasteiger partial charge in [-0.15, -0.1) is 0 Å². The van der Waals surface area contributed by atoms with E-state index in [-0.39, 0.29) is 10.8 Å². The Hall–Kier alpha value is -2.33. The Morgan fingerprint density at radius 1 is 1.26 bits per heavy atom. The van der Waals surface area contributed by atoms with Gasteiger partial charge < -0.3 is 19.9 Å². The molecular weight excluding hydrogens is 494 g/mol. The number of aryl methyl sites for hydroxylation is 1. The second-order valence-corrected chi connectivity index (χ2v) is 10.8. The quantitative estimate of drug-likeness (QED) is 0.322. The average molecular weight is 522 g/mol. The minimum absolute atomic E-state index is 0.0390. The molecule has 0 aliphatic carbocycles. The number of thiazole rings is 1. The van der Waals surface area contributed by atoms with Gasteiger partial charge in [0, 0.05) is 25.3 Å². The van der Waals surface area contributed by atoms with Crippen LogP contribution < -0.4 is 14.8 Å². The number of aromatic hydroxyl groups is 1. The highest BCUT2D eigenvalue weighted by atomic mass is 35.5. The number of halogens is 1. The van der Waals surface area contributed by atoms with Crippen LogP contribution in [-0.2, 0) is 15.7 Å². The third-order valence-electron chi connectivity index (χ3n) is 5.90. The number of rotatable bonds is 8. The van der Waals surface area contributed by atoms with Crippen molar-refractivity contribution in [3.63, 3.8) is 0 Å². The highest BCUT2D eigenvalue weighted by Crippen LogP contribution is 2.37. The molecule has 1 aliphatic rings. The lowest BCUT2D eigenvalue weighted by atomic mass is 9.93. The third-order valence-corrected chi connectivity index (χ3v) is 8.48. The van der Waals surface area contributed by atoms with Gasteiger partial charge in [0.15, 0.2) is 16.1 Å². The van der Waals surface area contributed by atoms with Gasteiger partial charge in [-0.2, -0.15) is 0 Å². The standard InChI is InChI=1S/C24H28ClN3O4S2/c1-14(16-8-10-32-11-9-16)26-24-27-15(2)23(33-24)17-4-7-21(31-3)22(12-17)34(30)28-20-6-5-18(29)13-19(20)25/h4-7,12-14,16,28-29H,8-11H2,1-3H3,(H,26,27). The summed E-state index contributed by atoms with van der Waals surface area (Å²) in [6, 6.07) is 10.4. The molecule has 0 bridgehead atoms. The first-order chi connectivity index (χ1) is 16.4. The Morgan fingerprint density at radius 3 is 2.74 bits per heavy atom. The fraction of sp³-hybridized carbons (Fsp3) is 0.375. The van der Waals surface area contributed by atoms with Crippen LogP contribution >= 0.6 is 22.9 Å². The third kappa shape index (κ3) is 5.66. The largest absolute Gasteiger partial charge is 0.508 e. The van der Waals surface area contributed by atoms with Crippen molar-refractivity contribution in [3.05, 3.63) is 47.1 Å². The summed E-state index contributed by atoms with van der Waals surface area (Å²) in [4.78, 5) is 6.23. The van der Waals surface area contributed by atoms with Gasteiger partial charge in [0.05, 0.1) is 28.4 Å². The number of methoxy groups -OCH3 is 1. The Bertz CT molecular complexity index is 1180. The molecule has 0 saturated carbocycles.